The summed E-state index contributed by atoms with van der Waals surface area (Å²) in [7, 11) is 0. The van der Waals surface area contributed by atoms with Gasteiger partial charge >= 0.3 is 0 Å². The topological polar surface area (TPSA) is 56.9 Å². The van der Waals surface area contributed by atoms with Gasteiger partial charge < -0.3 is 17.0 Å². The van der Waals surface area contributed by atoms with Gasteiger partial charge in [0.2, 0.25) is 0 Å². The van der Waals surface area contributed by atoms with E-state index in [1.54, 1.807) is 24.3 Å². The number of aryl methyl sites for hydroxylation is 1. The first-order chi connectivity index (χ1) is 17.2. The molecule has 4 rings (SSSR count). The maximum Gasteiger partial charge on any atom is 0.261 e. The third-order valence-corrected chi connectivity index (χ3v) is 6.22. The largest absolute Gasteiger partial charge is 1.00 e. The quantitative estimate of drug-likeness (QED) is 0.114. The monoisotopic (exact) mass is 548 g/mol. The molecule has 0 fully saturated rings. The van der Waals surface area contributed by atoms with Crippen LogP contribution in [0.2, 0.25) is 0 Å². The van der Waals surface area contributed by atoms with Crippen LogP contribution in [0.5, 0.6) is 0 Å². The lowest BCUT2D eigenvalue weighted by Crippen LogP contribution is -3.00. The lowest BCUT2D eigenvalue weighted by atomic mass is 10.1. The lowest BCUT2D eigenvalue weighted by Gasteiger charge is -2.21. The number of hydrogen-bond donors (Lipinski definition) is 0. The molecule has 0 bridgehead atoms. The standard InChI is InChI=1S/C29H33N4O2.BrH/c1-2-3-4-10-18-31-21-16-24(17-22-31)23-30-33(25-12-6-5-7-13-25)20-11-19-32-28(34)26-14-8-9-15-27(26)29(32)35;/h5-9,12-17,21-23H,2-4,10-11,18-20H2,1H3;1H/q+1;/p-1. The molecule has 0 spiro atoms. The molecule has 2 aromatic carbocycles. The number of carbonyl (C=O) groups is 2. The fraction of sp³-hybridized carbons (Fsp3) is 0.310. The SMILES string of the molecule is CCCCCC[n+]1ccc(/C=N/N(CCCN2C(=O)c3ccccc3C2=O)c2ccccc2)cc1.[Br-]. The number of amides is 2. The summed E-state index contributed by atoms with van der Waals surface area (Å²) in [6, 6.07) is 21.1. The van der Waals surface area contributed by atoms with Crippen LogP contribution < -0.4 is 26.6 Å². The summed E-state index contributed by atoms with van der Waals surface area (Å²) >= 11 is 0. The maximum absolute atomic E-state index is 12.6. The van der Waals surface area contributed by atoms with Gasteiger partial charge in [0.05, 0.1) is 23.0 Å². The number of fused-ring (bicyclic) bond motifs is 1. The minimum Gasteiger partial charge on any atom is -1.00 e. The highest BCUT2D eigenvalue weighted by atomic mass is 79.9. The highest BCUT2D eigenvalue weighted by Gasteiger charge is 2.34. The molecule has 2 heterocycles. The molecule has 0 unspecified atom stereocenters. The predicted molar refractivity (Wildman–Crippen MR) is 139 cm³/mol. The van der Waals surface area contributed by atoms with E-state index in [-0.39, 0.29) is 28.8 Å². The number of hydrogen-bond acceptors (Lipinski definition) is 4. The summed E-state index contributed by atoms with van der Waals surface area (Å²) in [6.07, 6.45) is 11.7. The Morgan fingerprint density at radius 3 is 2.11 bits per heavy atom. The zero-order valence-electron chi connectivity index (χ0n) is 20.7. The van der Waals surface area contributed by atoms with Gasteiger partial charge in [-0.2, -0.15) is 5.10 Å². The van der Waals surface area contributed by atoms with Crippen molar-refractivity contribution >= 4 is 23.7 Å². The molecule has 3 aromatic rings. The smallest absolute Gasteiger partial charge is 0.261 e. The second-order valence-electron chi connectivity index (χ2n) is 8.79. The Kier molecular flexibility index (Phi) is 10.4. The van der Waals surface area contributed by atoms with Crippen LogP contribution in [0, 0.1) is 0 Å². The van der Waals surface area contributed by atoms with Crippen molar-refractivity contribution in [3.63, 3.8) is 0 Å². The molecule has 1 aliphatic heterocycles. The number of benzene rings is 2. The van der Waals surface area contributed by atoms with Crippen LogP contribution in [0.25, 0.3) is 0 Å². The summed E-state index contributed by atoms with van der Waals surface area (Å²) in [4.78, 5) is 26.6. The van der Waals surface area contributed by atoms with E-state index in [4.69, 9.17) is 5.10 Å². The molecule has 6 nitrogen and oxygen atoms in total. The summed E-state index contributed by atoms with van der Waals surface area (Å²) in [5.74, 6) is -0.430. The first-order valence-electron chi connectivity index (χ1n) is 12.5. The normalized spacial score (nSPS) is 12.6. The van der Waals surface area contributed by atoms with E-state index in [0.717, 1.165) is 17.8 Å². The van der Waals surface area contributed by atoms with Crippen LogP contribution in [-0.4, -0.2) is 36.0 Å². The van der Waals surface area contributed by atoms with Crippen molar-refractivity contribution in [2.45, 2.75) is 45.6 Å². The van der Waals surface area contributed by atoms with Crippen LogP contribution in [0.15, 0.2) is 84.2 Å². The minimum atomic E-state index is -0.215. The number of imide groups is 1. The van der Waals surface area contributed by atoms with Crippen molar-refractivity contribution in [3.05, 3.63) is 95.8 Å². The Bertz CT molecular complexity index is 1130. The maximum atomic E-state index is 12.6. The molecule has 7 heteroatoms. The van der Waals surface area contributed by atoms with Gasteiger partial charge in [-0.05, 0) is 37.1 Å². The van der Waals surface area contributed by atoms with Gasteiger partial charge in [-0.1, -0.05) is 50.1 Å². The van der Waals surface area contributed by atoms with Crippen molar-refractivity contribution in [2.24, 2.45) is 5.10 Å². The number of halogens is 1. The molecule has 1 aliphatic rings. The number of unbranched alkanes of at least 4 members (excludes halogenated alkanes) is 3. The van der Waals surface area contributed by atoms with Crippen LogP contribution >= 0.6 is 0 Å². The van der Waals surface area contributed by atoms with E-state index < -0.39 is 0 Å². The van der Waals surface area contributed by atoms with Crippen LogP contribution in [-0.2, 0) is 6.54 Å². The van der Waals surface area contributed by atoms with Gasteiger partial charge in [0, 0.05) is 37.2 Å². The Morgan fingerprint density at radius 1 is 0.833 bits per heavy atom. The summed E-state index contributed by atoms with van der Waals surface area (Å²) in [6.45, 7) is 4.20. The Labute approximate surface area is 224 Å². The first kappa shape index (κ1) is 27.3. The number of para-hydroxylation sites is 1. The zero-order valence-corrected chi connectivity index (χ0v) is 22.3. The van der Waals surface area contributed by atoms with E-state index in [1.165, 1.54) is 30.6 Å². The Hall–Kier alpha value is -3.32. The number of carbonyl (C=O) groups excluding carboxylic acids is 2. The third-order valence-electron chi connectivity index (χ3n) is 6.22. The van der Waals surface area contributed by atoms with Crippen molar-refractivity contribution < 1.29 is 31.1 Å². The first-order valence-corrected chi connectivity index (χ1v) is 12.5. The van der Waals surface area contributed by atoms with E-state index in [1.807, 2.05) is 41.6 Å². The third kappa shape index (κ3) is 6.88. The van der Waals surface area contributed by atoms with E-state index in [9.17, 15) is 9.59 Å². The Balaban J connectivity index is 0.00000361. The fourth-order valence-corrected chi connectivity index (χ4v) is 4.24. The fourth-order valence-electron chi connectivity index (χ4n) is 4.24. The molecule has 0 atom stereocenters. The molecule has 1 aromatic heterocycles. The van der Waals surface area contributed by atoms with Crippen LogP contribution in [0.3, 0.4) is 0 Å². The molecule has 0 radical (unpaired) electrons. The number of pyridine rings is 1. The van der Waals surface area contributed by atoms with E-state index in [0.29, 0.717) is 30.6 Å². The highest BCUT2D eigenvalue weighted by molar-refractivity contribution is 6.21. The van der Waals surface area contributed by atoms with E-state index >= 15 is 0 Å². The number of nitrogens with zero attached hydrogens (tertiary/aromatic N) is 4. The second-order valence-corrected chi connectivity index (χ2v) is 8.79. The van der Waals surface area contributed by atoms with Crippen molar-refractivity contribution in [1.82, 2.24) is 4.90 Å². The van der Waals surface area contributed by atoms with Gasteiger partial charge in [-0.25, -0.2) is 4.57 Å². The van der Waals surface area contributed by atoms with Crippen molar-refractivity contribution in [2.75, 3.05) is 18.1 Å². The zero-order chi connectivity index (χ0) is 24.5. The summed E-state index contributed by atoms with van der Waals surface area (Å²) in [5, 5.41) is 6.65. The molecule has 0 aliphatic carbocycles. The van der Waals surface area contributed by atoms with Gasteiger partial charge in [0.1, 0.15) is 6.54 Å². The number of anilines is 1. The average molecular weight is 550 g/mol. The van der Waals surface area contributed by atoms with Crippen molar-refractivity contribution in [1.29, 1.82) is 0 Å². The van der Waals surface area contributed by atoms with E-state index in [2.05, 4.69) is 36.0 Å². The predicted octanol–water partition coefficient (Wildman–Crippen LogP) is 2.09. The van der Waals surface area contributed by atoms with Gasteiger partial charge in [0.15, 0.2) is 12.4 Å². The molecule has 36 heavy (non-hydrogen) atoms. The highest BCUT2D eigenvalue weighted by Crippen LogP contribution is 2.23. The second kappa shape index (κ2) is 13.7. The van der Waals surface area contributed by atoms with Gasteiger partial charge in [-0.3, -0.25) is 19.5 Å². The number of aromatic nitrogens is 1. The van der Waals surface area contributed by atoms with Crippen LogP contribution in [0.1, 0.15) is 65.3 Å². The van der Waals surface area contributed by atoms with Crippen molar-refractivity contribution in [3.8, 4) is 0 Å². The number of hydrazone groups is 1. The molecule has 2 amide bonds. The number of rotatable bonds is 12. The molecular formula is C29H33BrN4O2. The van der Waals surface area contributed by atoms with Crippen LogP contribution in [0.4, 0.5) is 5.69 Å². The van der Waals surface area contributed by atoms with Gasteiger partial charge in [-0.15, -0.1) is 0 Å². The Morgan fingerprint density at radius 2 is 1.47 bits per heavy atom. The average Bonchev–Trinajstić information content (AvgIpc) is 3.14. The molecule has 0 N–H and O–H groups in total. The molecule has 188 valence electrons. The molecular weight excluding hydrogens is 516 g/mol. The summed E-state index contributed by atoms with van der Waals surface area (Å²) in [5.41, 5.74) is 2.97. The molecule has 0 saturated heterocycles. The molecule has 0 saturated carbocycles. The minimum absolute atomic E-state index is 0. The summed E-state index contributed by atoms with van der Waals surface area (Å²) < 4.78 is 2.21. The lowest BCUT2D eigenvalue weighted by molar-refractivity contribution is -0.697. The van der Waals surface area contributed by atoms with Gasteiger partial charge in [0.25, 0.3) is 11.8 Å².